The monoisotopic (exact) mass is 396 g/mol. The Bertz CT molecular complexity index is 964. The van der Waals surface area contributed by atoms with Gasteiger partial charge in [-0.2, -0.15) is 8.78 Å². The molecular formula is C24H22F2O3. The maximum atomic E-state index is 12.5. The Morgan fingerprint density at radius 3 is 2.07 bits per heavy atom. The first kappa shape index (κ1) is 20.5. The number of halogens is 2. The fraction of sp³-hybridized carbons (Fsp3) is 0.208. The molecule has 0 amide bonds. The average Bonchev–Trinajstić information content (AvgIpc) is 2.72. The molecule has 0 unspecified atom stereocenters. The van der Waals surface area contributed by atoms with Crippen molar-refractivity contribution in [1.82, 2.24) is 0 Å². The Balaban J connectivity index is 1.88. The molecule has 0 spiro atoms. The fourth-order valence-electron chi connectivity index (χ4n) is 3.21. The molecule has 3 rings (SSSR count). The Hall–Kier alpha value is -3.21. The fourth-order valence-corrected chi connectivity index (χ4v) is 3.21. The first-order valence-electron chi connectivity index (χ1n) is 9.50. The minimum Gasteiger partial charge on any atom is -0.478 e. The quantitative estimate of drug-likeness (QED) is 0.463. The lowest BCUT2D eigenvalue weighted by Gasteiger charge is -2.11. The molecule has 0 aromatic heterocycles. The summed E-state index contributed by atoms with van der Waals surface area (Å²) < 4.78 is 29.4. The number of hydrogen-bond acceptors (Lipinski definition) is 2. The lowest BCUT2D eigenvalue weighted by Crippen LogP contribution is -2.04. The standard InChI is InChI=1S/C24H22F2O3/c1-2-3-4-16-5-7-17(8-6-16)18-9-11-19(12-10-18)22-15-20(29-24(25)26)13-14-21(22)23(27)28/h5-15,24H,2-4H2,1H3,(H,27,28). The van der Waals surface area contributed by atoms with E-state index in [0.29, 0.717) is 11.1 Å². The molecule has 3 nitrogen and oxygen atoms in total. The number of carboxylic acid groups (broad SMARTS) is 1. The van der Waals surface area contributed by atoms with Crippen molar-refractivity contribution in [3.8, 4) is 28.0 Å². The SMILES string of the molecule is CCCCc1ccc(-c2ccc(-c3cc(OC(F)F)ccc3C(=O)O)cc2)cc1. The second-order valence-corrected chi connectivity index (χ2v) is 6.77. The van der Waals surface area contributed by atoms with E-state index in [1.54, 1.807) is 12.1 Å². The predicted molar refractivity (Wildman–Crippen MR) is 110 cm³/mol. The van der Waals surface area contributed by atoms with Crippen LogP contribution in [-0.2, 0) is 6.42 Å². The zero-order valence-corrected chi connectivity index (χ0v) is 16.1. The van der Waals surface area contributed by atoms with Crippen LogP contribution in [0.15, 0.2) is 66.7 Å². The number of rotatable bonds is 8. The van der Waals surface area contributed by atoms with E-state index in [1.165, 1.54) is 23.8 Å². The van der Waals surface area contributed by atoms with Gasteiger partial charge in [0.05, 0.1) is 5.56 Å². The topological polar surface area (TPSA) is 46.5 Å². The highest BCUT2D eigenvalue weighted by atomic mass is 19.3. The minimum absolute atomic E-state index is 0.0274. The Labute approximate surface area is 168 Å². The molecule has 0 atom stereocenters. The number of carbonyl (C=O) groups is 1. The van der Waals surface area contributed by atoms with Gasteiger partial charge in [-0.25, -0.2) is 4.79 Å². The zero-order valence-electron chi connectivity index (χ0n) is 16.1. The summed E-state index contributed by atoms with van der Waals surface area (Å²) >= 11 is 0. The molecule has 0 aliphatic carbocycles. The molecule has 0 heterocycles. The molecule has 0 aliphatic heterocycles. The van der Waals surface area contributed by atoms with Gasteiger partial charge in [0, 0.05) is 0 Å². The van der Waals surface area contributed by atoms with Gasteiger partial charge >= 0.3 is 12.6 Å². The number of benzene rings is 3. The van der Waals surface area contributed by atoms with Crippen LogP contribution in [0.2, 0.25) is 0 Å². The number of alkyl halides is 2. The lowest BCUT2D eigenvalue weighted by atomic mass is 9.96. The van der Waals surface area contributed by atoms with Gasteiger partial charge in [0.2, 0.25) is 0 Å². The van der Waals surface area contributed by atoms with Crippen LogP contribution in [0.25, 0.3) is 22.3 Å². The van der Waals surface area contributed by atoms with Gasteiger partial charge in [0.25, 0.3) is 0 Å². The van der Waals surface area contributed by atoms with Crippen LogP contribution in [-0.4, -0.2) is 17.7 Å². The third-order valence-corrected chi connectivity index (χ3v) is 4.75. The summed E-state index contributed by atoms with van der Waals surface area (Å²) in [7, 11) is 0. The van der Waals surface area contributed by atoms with E-state index in [0.717, 1.165) is 30.4 Å². The molecule has 0 fully saturated rings. The maximum absolute atomic E-state index is 12.5. The number of hydrogen-bond donors (Lipinski definition) is 1. The molecule has 0 saturated carbocycles. The highest BCUT2D eigenvalue weighted by Crippen LogP contribution is 2.31. The molecule has 3 aromatic carbocycles. The molecule has 150 valence electrons. The first-order valence-corrected chi connectivity index (χ1v) is 9.50. The van der Waals surface area contributed by atoms with Gasteiger partial charge in [0.1, 0.15) is 5.75 Å². The van der Waals surface area contributed by atoms with Gasteiger partial charge in [-0.3, -0.25) is 0 Å². The van der Waals surface area contributed by atoms with Crippen LogP contribution in [0, 0.1) is 0 Å². The molecular weight excluding hydrogens is 374 g/mol. The maximum Gasteiger partial charge on any atom is 0.387 e. The zero-order chi connectivity index (χ0) is 20.8. The van der Waals surface area contributed by atoms with Crippen molar-refractivity contribution in [2.75, 3.05) is 0 Å². The van der Waals surface area contributed by atoms with E-state index in [-0.39, 0.29) is 11.3 Å². The second-order valence-electron chi connectivity index (χ2n) is 6.77. The Morgan fingerprint density at radius 1 is 0.931 bits per heavy atom. The summed E-state index contributed by atoms with van der Waals surface area (Å²) in [6.45, 7) is -0.803. The number of aryl methyl sites for hydroxylation is 1. The van der Waals surface area contributed by atoms with E-state index < -0.39 is 12.6 Å². The van der Waals surface area contributed by atoms with E-state index in [4.69, 9.17) is 0 Å². The van der Waals surface area contributed by atoms with Crippen molar-refractivity contribution in [2.24, 2.45) is 0 Å². The summed E-state index contributed by atoms with van der Waals surface area (Å²) in [6.07, 6.45) is 3.38. The summed E-state index contributed by atoms with van der Waals surface area (Å²) in [6, 6.07) is 19.6. The predicted octanol–water partition coefficient (Wildman–Crippen LogP) is 6.66. The van der Waals surface area contributed by atoms with Crippen LogP contribution in [0.3, 0.4) is 0 Å². The molecule has 0 aliphatic rings. The summed E-state index contributed by atoms with van der Waals surface area (Å²) in [5.74, 6) is -1.21. The Kier molecular flexibility index (Phi) is 6.60. The number of carboxylic acids is 1. The van der Waals surface area contributed by atoms with Crippen LogP contribution < -0.4 is 4.74 Å². The van der Waals surface area contributed by atoms with Crippen molar-refractivity contribution >= 4 is 5.97 Å². The number of aromatic carboxylic acids is 1. The molecule has 1 N–H and O–H groups in total. The van der Waals surface area contributed by atoms with E-state index in [2.05, 4.69) is 35.9 Å². The third-order valence-electron chi connectivity index (χ3n) is 4.75. The Morgan fingerprint density at radius 2 is 1.52 bits per heavy atom. The van der Waals surface area contributed by atoms with Crippen LogP contribution in [0.1, 0.15) is 35.7 Å². The van der Waals surface area contributed by atoms with Crippen molar-refractivity contribution in [2.45, 2.75) is 32.8 Å². The summed E-state index contributed by atoms with van der Waals surface area (Å²) in [5, 5.41) is 9.43. The van der Waals surface area contributed by atoms with E-state index in [9.17, 15) is 18.7 Å². The highest BCUT2D eigenvalue weighted by molar-refractivity contribution is 5.96. The second kappa shape index (κ2) is 9.32. The van der Waals surface area contributed by atoms with Gasteiger partial charge in [0.15, 0.2) is 0 Å². The summed E-state index contributed by atoms with van der Waals surface area (Å²) in [5.41, 5.74) is 4.33. The third kappa shape index (κ3) is 5.19. The molecule has 0 radical (unpaired) electrons. The molecule has 0 saturated heterocycles. The molecule has 0 bridgehead atoms. The van der Waals surface area contributed by atoms with Gasteiger partial charge in [-0.1, -0.05) is 61.9 Å². The van der Waals surface area contributed by atoms with Crippen molar-refractivity contribution < 1.29 is 23.4 Å². The van der Waals surface area contributed by atoms with Crippen molar-refractivity contribution in [3.63, 3.8) is 0 Å². The van der Waals surface area contributed by atoms with Crippen molar-refractivity contribution in [3.05, 3.63) is 77.9 Å². The number of ether oxygens (including phenoxy) is 1. The van der Waals surface area contributed by atoms with E-state index >= 15 is 0 Å². The average molecular weight is 396 g/mol. The highest BCUT2D eigenvalue weighted by Gasteiger charge is 2.15. The van der Waals surface area contributed by atoms with Crippen LogP contribution in [0.4, 0.5) is 8.78 Å². The minimum atomic E-state index is -2.97. The van der Waals surface area contributed by atoms with Crippen LogP contribution in [0.5, 0.6) is 5.75 Å². The molecule has 29 heavy (non-hydrogen) atoms. The first-order chi connectivity index (χ1) is 14.0. The normalized spacial score (nSPS) is 10.9. The van der Waals surface area contributed by atoms with Gasteiger partial charge < -0.3 is 9.84 Å². The molecule has 5 heteroatoms. The van der Waals surface area contributed by atoms with Crippen molar-refractivity contribution in [1.29, 1.82) is 0 Å². The molecule has 3 aromatic rings. The van der Waals surface area contributed by atoms with Crippen LogP contribution >= 0.6 is 0 Å². The van der Waals surface area contributed by atoms with Gasteiger partial charge in [-0.05, 0) is 58.9 Å². The largest absolute Gasteiger partial charge is 0.478 e. The smallest absolute Gasteiger partial charge is 0.387 e. The van der Waals surface area contributed by atoms with Gasteiger partial charge in [-0.15, -0.1) is 0 Å². The lowest BCUT2D eigenvalue weighted by molar-refractivity contribution is -0.0498. The number of unbranched alkanes of at least 4 members (excludes halogenated alkanes) is 1. The summed E-state index contributed by atoms with van der Waals surface area (Å²) in [4.78, 5) is 11.5. The van der Waals surface area contributed by atoms with E-state index in [1.807, 2.05) is 12.1 Å².